The van der Waals surface area contributed by atoms with Crippen LogP contribution >= 0.6 is 0 Å². The van der Waals surface area contributed by atoms with Gasteiger partial charge in [-0.05, 0) is 6.07 Å². The molecule has 1 aliphatic heterocycles. The zero-order valence-corrected chi connectivity index (χ0v) is 7.01. The highest BCUT2D eigenvalue weighted by molar-refractivity contribution is 5.38. The molecular formula is C9H8F2O2. The summed E-state index contributed by atoms with van der Waals surface area (Å²) in [6.45, 7) is 0.543. The summed E-state index contributed by atoms with van der Waals surface area (Å²) >= 11 is 0. The normalized spacial score (nSPS) is 20.1. The third kappa shape index (κ3) is 1.49. The molecule has 0 spiro atoms. The molecular weight excluding hydrogens is 178 g/mol. The van der Waals surface area contributed by atoms with Crippen LogP contribution in [-0.2, 0) is 4.74 Å². The molecule has 0 bridgehead atoms. The number of hydrogen-bond donors (Lipinski definition) is 0. The van der Waals surface area contributed by atoms with E-state index in [0.717, 1.165) is 12.1 Å². The van der Waals surface area contributed by atoms with Crippen molar-refractivity contribution in [2.24, 2.45) is 0 Å². The van der Waals surface area contributed by atoms with Gasteiger partial charge in [-0.1, -0.05) is 0 Å². The Morgan fingerprint density at radius 1 is 1.38 bits per heavy atom. The number of hydrogen-bond acceptors (Lipinski definition) is 2. The molecule has 0 radical (unpaired) electrons. The van der Waals surface area contributed by atoms with E-state index in [1.165, 1.54) is 7.11 Å². The molecule has 2 nitrogen and oxygen atoms in total. The van der Waals surface area contributed by atoms with Gasteiger partial charge in [-0.15, -0.1) is 0 Å². The van der Waals surface area contributed by atoms with Crippen LogP contribution in [0.4, 0.5) is 8.78 Å². The predicted molar refractivity (Wildman–Crippen MR) is 41.6 cm³/mol. The van der Waals surface area contributed by atoms with Crippen LogP contribution in [0.25, 0.3) is 0 Å². The van der Waals surface area contributed by atoms with Gasteiger partial charge in [0.1, 0.15) is 11.9 Å². The minimum absolute atomic E-state index is 0.134. The Hall–Kier alpha value is -1.16. The van der Waals surface area contributed by atoms with Crippen molar-refractivity contribution in [1.82, 2.24) is 0 Å². The Labute approximate surface area is 74.1 Å². The zero-order chi connectivity index (χ0) is 9.42. The lowest BCUT2D eigenvalue weighted by molar-refractivity contribution is 0.376. The van der Waals surface area contributed by atoms with Crippen LogP contribution in [0.5, 0.6) is 5.75 Å². The van der Waals surface area contributed by atoms with Gasteiger partial charge in [0, 0.05) is 11.6 Å². The Morgan fingerprint density at radius 3 is 2.54 bits per heavy atom. The molecule has 4 heteroatoms. The molecule has 1 atom stereocenters. The number of benzene rings is 1. The van der Waals surface area contributed by atoms with E-state index in [0.29, 0.717) is 17.9 Å². The maximum atomic E-state index is 12.8. The van der Waals surface area contributed by atoms with Gasteiger partial charge in [0.25, 0.3) is 0 Å². The largest absolute Gasteiger partial charge is 0.496 e. The molecule has 0 amide bonds. The van der Waals surface area contributed by atoms with E-state index in [1.54, 1.807) is 0 Å². The summed E-state index contributed by atoms with van der Waals surface area (Å²) in [7, 11) is 1.42. The number of epoxide rings is 1. The lowest BCUT2D eigenvalue weighted by atomic mass is 10.1. The smallest absolute Gasteiger partial charge is 0.162 e. The van der Waals surface area contributed by atoms with Crippen LogP contribution in [0.1, 0.15) is 11.7 Å². The highest BCUT2D eigenvalue weighted by Gasteiger charge is 2.29. The molecule has 0 N–H and O–H groups in total. The van der Waals surface area contributed by atoms with Crippen molar-refractivity contribution < 1.29 is 18.3 Å². The number of rotatable bonds is 2. The third-order valence-corrected chi connectivity index (χ3v) is 1.95. The second kappa shape index (κ2) is 2.96. The molecule has 0 unspecified atom stereocenters. The molecule has 1 saturated heterocycles. The van der Waals surface area contributed by atoms with Crippen molar-refractivity contribution in [3.63, 3.8) is 0 Å². The molecule has 0 saturated carbocycles. The number of ether oxygens (including phenoxy) is 2. The average molecular weight is 186 g/mol. The fourth-order valence-corrected chi connectivity index (χ4v) is 1.20. The lowest BCUT2D eigenvalue weighted by Gasteiger charge is -2.06. The topological polar surface area (TPSA) is 21.8 Å². The summed E-state index contributed by atoms with van der Waals surface area (Å²) in [6, 6.07) is 2.15. The van der Waals surface area contributed by atoms with Crippen LogP contribution in [0.15, 0.2) is 12.1 Å². The van der Waals surface area contributed by atoms with Crippen LogP contribution in [-0.4, -0.2) is 13.7 Å². The van der Waals surface area contributed by atoms with Gasteiger partial charge in [0.15, 0.2) is 11.6 Å². The van der Waals surface area contributed by atoms with E-state index in [1.807, 2.05) is 0 Å². The Balaban J connectivity index is 2.46. The van der Waals surface area contributed by atoms with Gasteiger partial charge in [-0.3, -0.25) is 0 Å². The molecule has 1 aliphatic rings. The predicted octanol–water partition coefficient (Wildman–Crippen LogP) is 2.04. The van der Waals surface area contributed by atoms with Gasteiger partial charge in [0.05, 0.1) is 13.7 Å². The molecule has 0 aromatic heterocycles. The lowest BCUT2D eigenvalue weighted by Crippen LogP contribution is -1.94. The molecule has 1 aromatic carbocycles. The van der Waals surface area contributed by atoms with Crippen molar-refractivity contribution in [3.05, 3.63) is 29.3 Å². The second-order valence-electron chi connectivity index (χ2n) is 2.83. The van der Waals surface area contributed by atoms with Gasteiger partial charge >= 0.3 is 0 Å². The first-order valence-electron chi connectivity index (χ1n) is 3.87. The maximum absolute atomic E-state index is 12.8. The van der Waals surface area contributed by atoms with Crippen LogP contribution in [0, 0.1) is 11.6 Å². The summed E-state index contributed by atoms with van der Waals surface area (Å²) in [5, 5.41) is 0. The van der Waals surface area contributed by atoms with Crippen molar-refractivity contribution in [2.75, 3.05) is 13.7 Å². The standard InChI is InChI=1S/C9H8F2O2/c1-12-8-3-7(11)6(10)2-5(8)9-4-13-9/h2-3,9H,4H2,1H3/t9-/m0/s1. The minimum Gasteiger partial charge on any atom is -0.496 e. The van der Waals surface area contributed by atoms with E-state index < -0.39 is 11.6 Å². The summed E-state index contributed by atoms with van der Waals surface area (Å²) in [4.78, 5) is 0. The second-order valence-corrected chi connectivity index (χ2v) is 2.83. The van der Waals surface area contributed by atoms with E-state index in [9.17, 15) is 8.78 Å². The van der Waals surface area contributed by atoms with Gasteiger partial charge in [0.2, 0.25) is 0 Å². The summed E-state index contributed by atoms with van der Waals surface area (Å²) in [5.74, 6) is -1.44. The van der Waals surface area contributed by atoms with E-state index >= 15 is 0 Å². The third-order valence-electron chi connectivity index (χ3n) is 1.95. The molecule has 70 valence electrons. The van der Waals surface area contributed by atoms with Gasteiger partial charge in [-0.25, -0.2) is 8.78 Å². The first kappa shape index (κ1) is 8.44. The van der Waals surface area contributed by atoms with E-state index in [-0.39, 0.29) is 6.10 Å². The summed E-state index contributed by atoms with van der Waals surface area (Å²) in [5.41, 5.74) is 0.571. The fourth-order valence-electron chi connectivity index (χ4n) is 1.20. The molecule has 2 rings (SSSR count). The highest BCUT2D eigenvalue weighted by atomic mass is 19.2. The van der Waals surface area contributed by atoms with Gasteiger partial charge < -0.3 is 9.47 Å². The molecule has 0 aliphatic carbocycles. The first-order chi connectivity index (χ1) is 6.22. The number of methoxy groups -OCH3 is 1. The van der Waals surface area contributed by atoms with Crippen molar-refractivity contribution >= 4 is 0 Å². The Bertz CT molecular complexity index is 335. The van der Waals surface area contributed by atoms with E-state index in [2.05, 4.69) is 0 Å². The molecule has 1 fully saturated rings. The minimum atomic E-state index is -0.902. The van der Waals surface area contributed by atoms with E-state index in [4.69, 9.17) is 9.47 Å². The van der Waals surface area contributed by atoms with Crippen molar-refractivity contribution in [2.45, 2.75) is 6.10 Å². The Morgan fingerprint density at radius 2 is 2.00 bits per heavy atom. The highest BCUT2D eigenvalue weighted by Crippen LogP contribution is 2.37. The SMILES string of the molecule is COc1cc(F)c(F)cc1[C@@H]1CO1. The maximum Gasteiger partial charge on any atom is 0.162 e. The average Bonchev–Trinajstić information content (AvgIpc) is 2.92. The molecule has 1 heterocycles. The summed E-state index contributed by atoms with van der Waals surface area (Å²) in [6.07, 6.45) is -0.134. The zero-order valence-electron chi connectivity index (χ0n) is 7.01. The Kier molecular flexibility index (Phi) is 1.92. The van der Waals surface area contributed by atoms with Crippen LogP contribution in [0.3, 0.4) is 0 Å². The first-order valence-corrected chi connectivity index (χ1v) is 3.87. The number of halogens is 2. The van der Waals surface area contributed by atoms with Crippen molar-refractivity contribution in [1.29, 1.82) is 0 Å². The monoisotopic (exact) mass is 186 g/mol. The molecule has 1 aromatic rings. The quantitative estimate of drug-likeness (QED) is 0.659. The van der Waals surface area contributed by atoms with Crippen LogP contribution < -0.4 is 4.74 Å². The van der Waals surface area contributed by atoms with Crippen molar-refractivity contribution in [3.8, 4) is 5.75 Å². The van der Waals surface area contributed by atoms with Crippen LogP contribution in [0.2, 0.25) is 0 Å². The molecule has 13 heavy (non-hydrogen) atoms. The van der Waals surface area contributed by atoms with Gasteiger partial charge in [-0.2, -0.15) is 0 Å². The summed E-state index contributed by atoms with van der Waals surface area (Å²) < 4.78 is 35.4. The fraction of sp³-hybridized carbons (Fsp3) is 0.333.